The molecule has 0 aliphatic rings. The molecule has 0 aliphatic heterocycles. The Morgan fingerprint density at radius 2 is 1.96 bits per heavy atom. The fourth-order valence-electron chi connectivity index (χ4n) is 2.08. The number of benzene rings is 1. The van der Waals surface area contributed by atoms with Crippen LogP contribution in [0.15, 0.2) is 36.9 Å². The van der Waals surface area contributed by atoms with Gasteiger partial charge < -0.3 is 15.2 Å². The zero-order chi connectivity index (χ0) is 17.6. The van der Waals surface area contributed by atoms with Gasteiger partial charge in [-0.1, -0.05) is 30.3 Å². The lowest BCUT2D eigenvalue weighted by molar-refractivity contribution is -0.138. The summed E-state index contributed by atoms with van der Waals surface area (Å²) in [4.78, 5) is 23.1. The number of carboxylic acid groups (broad SMARTS) is 1. The molecular formula is C18H25NO4. The average Bonchev–Trinajstić information content (AvgIpc) is 2.44. The molecule has 2 N–H and O–H groups in total. The van der Waals surface area contributed by atoms with Gasteiger partial charge in [0.05, 0.1) is 12.0 Å². The second-order valence-corrected chi connectivity index (χ2v) is 6.45. The molecule has 5 nitrogen and oxygen atoms in total. The van der Waals surface area contributed by atoms with Crippen LogP contribution in [0.2, 0.25) is 0 Å². The first-order chi connectivity index (χ1) is 10.6. The highest BCUT2D eigenvalue weighted by molar-refractivity contribution is 5.75. The van der Waals surface area contributed by atoms with Gasteiger partial charge in [-0.2, -0.15) is 0 Å². The number of carboxylic acids is 1. The highest BCUT2D eigenvalue weighted by Crippen LogP contribution is 2.23. The van der Waals surface area contributed by atoms with Crippen molar-refractivity contribution in [3.8, 4) is 0 Å². The van der Waals surface area contributed by atoms with Gasteiger partial charge in [0.25, 0.3) is 0 Å². The van der Waals surface area contributed by atoms with Crippen LogP contribution < -0.4 is 5.32 Å². The molecule has 1 aromatic carbocycles. The lowest BCUT2D eigenvalue weighted by atomic mass is 9.95. The Morgan fingerprint density at radius 1 is 1.35 bits per heavy atom. The standard InChI is InChI=1S/C18H25NO4/c1-6-8-15(19-17(22)23-18(3,4)5)14-10-7-9-13(11-14)12(2)16(20)21/h6-7,9-12,15H,1,8H2,2-5H3,(H,19,22)(H,20,21)/t12?,15-/m0/s1. The number of hydrogen-bond donors (Lipinski definition) is 2. The molecule has 1 aromatic rings. The Kier molecular flexibility index (Phi) is 6.37. The molecule has 0 radical (unpaired) electrons. The van der Waals surface area contributed by atoms with Crippen molar-refractivity contribution in [2.75, 3.05) is 0 Å². The molecule has 0 aromatic heterocycles. The maximum absolute atomic E-state index is 12.0. The van der Waals surface area contributed by atoms with Gasteiger partial charge in [0.15, 0.2) is 0 Å². The predicted octanol–water partition coefficient (Wildman–Crippen LogP) is 4.02. The normalized spacial score (nSPS) is 13.7. The van der Waals surface area contributed by atoms with Crippen LogP contribution in [0.1, 0.15) is 57.2 Å². The first kappa shape index (κ1) is 18.7. The maximum atomic E-state index is 12.0. The van der Waals surface area contributed by atoms with E-state index in [4.69, 9.17) is 9.84 Å². The van der Waals surface area contributed by atoms with Gasteiger partial charge in [0, 0.05) is 0 Å². The second-order valence-electron chi connectivity index (χ2n) is 6.45. The Bertz CT molecular complexity index is 575. The first-order valence-corrected chi connectivity index (χ1v) is 7.57. The lowest BCUT2D eigenvalue weighted by Crippen LogP contribution is -2.34. The van der Waals surface area contributed by atoms with Crippen LogP contribution in [-0.2, 0) is 9.53 Å². The third kappa shape index (κ3) is 6.14. The number of alkyl carbamates (subject to hydrolysis) is 1. The molecule has 0 heterocycles. The van der Waals surface area contributed by atoms with Crippen molar-refractivity contribution in [1.29, 1.82) is 0 Å². The maximum Gasteiger partial charge on any atom is 0.408 e. The molecule has 0 fully saturated rings. The van der Waals surface area contributed by atoms with E-state index >= 15 is 0 Å². The molecule has 0 aliphatic carbocycles. The van der Waals surface area contributed by atoms with Gasteiger partial charge >= 0.3 is 12.1 Å². The number of nitrogens with one attached hydrogen (secondary N) is 1. The fourth-order valence-corrected chi connectivity index (χ4v) is 2.08. The van der Waals surface area contributed by atoms with Crippen LogP contribution in [-0.4, -0.2) is 22.8 Å². The van der Waals surface area contributed by atoms with Gasteiger partial charge in [-0.15, -0.1) is 6.58 Å². The summed E-state index contributed by atoms with van der Waals surface area (Å²) in [5.74, 6) is -1.50. The van der Waals surface area contributed by atoms with E-state index in [0.29, 0.717) is 12.0 Å². The zero-order valence-corrected chi connectivity index (χ0v) is 14.1. The summed E-state index contributed by atoms with van der Waals surface area (Å²) >= 11 is 0. The number of aliphatic carboxylic acids is 1. The second kappa shape index (κ2) is 7.81. The Morgan fingerprint density at radius 3 is 2.48 bits per heavy atom. The van der Waals surface area contributed by atoms with E-state index in [1.807, 2.05) is 6.07 Å². The molecule has 1 rings (SSSR count). The summed E-state index contributed by atoms with van der Waals surface area (Å²) in [7, 11) is 0. The smallest absolute Gasteiger partial charge is 0.408 e. The molecule has 0 saturated heterocycles. The number of rotatable bonds is 6. The van der Waals surface area contributed by atoms with E-state index in [-0.39, 0.29) is 6.04 Å². The Hall–Kier alpha value is -2.30. The fraction of sp³-hybridized carbons (Fsp3) is 0.444. The van der Waals surface area contributed by atoms with Gasteiger partial charge in [-0.25, -0.2) is 4.79 Å². The van der Waals surface area contributed by atoms with E-state index in [1.54, 1.807) is 52.0 Å². The van der Waals surface area contributed by atoms with E-state index < -0.39 is 23.6 Å². The third-order valence-corrected chi connectivity index (χ3v) is 3.28. The number of carbonyl (C=O) groups excluding carboxylic acids is 1. The van der Waals surface area contributed by atoms with Gasteiger partial charge in [-0.3, -0.25) is 4.79 Å². The summed E-state index contributed by atoms with van der Waals surface area (Å²) in [6.07, 6.45) is 1.71. The zero-order valence-electron chi connectivity index (χ0n) is 14.1. The summed E-state index contributed by atoms with van der Waals surface area (Å²) in [6, 6.07) is 6.88. The average molecular weight is 319 g/mol. The minimum atomic E-state index is -0.887. The molecule has 0 bridgehead atoms. The van der Waals surface area contributed by atoms with E-state index in [0.717, 1.165) is 5.56 Å². The molecule has 5 heteroatoms. The van der Waals surface area contributed by atoms with Crippen molar-refractivity contribution in [3.63, 3.8) is 0 Å². The summed E-state index contributed by atoms with van der Waals surface area (Å²) in [6.45, 7) is 10.7. The van der Waals surface area contributed by atoms with Crippen molar-refractivity contribution in [1.82, 2.24) is 5.32 Å². The van der Waals surface area contributed by atoms with Crippen LogP contribution in [0.3, 0.4) is 0 Å². The largest absolute Gasteiger partial charge is 0.481 e. The molecular weight excluding hydrogens is 294 g/mol. The quantitative estimate of drug-likeness (QED) is 0.777. The topological polar surface area (TPSA) is 75.6 Å². The van der Waals surface area contributed by atoms with Gasteiger partial charge in [0.2, 0.25) is 0 Å². The van der Waals surface area contributed by atoms with Gasteiger partial charge in [0.1, 0.15) is 5.60 Å². The highest BCUT2D eigenvalue weighted by Gasteiger charge is 2.21. The minimum absolute atomic E-state index is 0.316. The van der Waals surface area contributed by atoms with E-state index in [2.05, 4.69) is 11.9 Å². The molecule has 2 atom stereocenters. The SMILES string of the molecule is C=CC[C@H](NC(=O)OC(C)(C)C)c1cccc(C(C)C(=O)O)c1. The molecule has 1 unspecified atom stereocenters. The van der Waals surface area contributed by atoms with Crippen LogP contribution in [0.4, 0.5) is 4.79 Å². The first-order valence-electron chi connectivity index (χ1n) is 7.57. The summed E-state index contributed by atoms with van der Waals surface area (Å²) < 4.78 is 5.27. The van der Waals surface area contributed by atoms with Gasteiger partial charge in [-0.05, 0) is 45.2 Å². The molecule has 0 saturated carbocycles. The summed E-state index contributed by atoms with van der Waals surface area (Å²) in [5, 5.41) is 11.9. The Labute approximate surface area is 137 Å². The lowest BCUT2D eigenvalue weighted by Gasteiger charge is -2.24. The van der Waals surface area contributed by atoms with Crippen LogP contribution >= 0.6 is 0 Å². The molecule has 1 amide bonds. The van der Waals surface area contributed by atoms with Crippen molar-refractivity contribution in [3.05, 3.63) is 48.0 Å². The molecule has 0 spiro atoms. The molecule has 23 heavy (non-hydrogen) atoms. The summed E-state index contributed by atoms with van der Waals surface area (Å²) in [5.41, 5.74) is 0.930. The minimum Gasteiger partial charge on any atom is -0.481 e. The van der Waals surface area contributed by atoms with E-state index in [1.165, 1.54) is 0 Å². The van der Waals surface area contributed by atoms with Crippen molar-refractivity contribution in [2.45, 2.75) is 51.7 Å². The van der Waals surface area contributed by atoms with Crippen LogP contribution in [0, 0.1) is 0 Å². The van der Waals surface area contributed by atoms with E-state index in [9.17, 15) is 9.59 Å². The number of hydrogen-bond acceptors (Lipinski definition) is 3. The highest BCUT2D eigenvalue weighted by atomic mass is 16.6. The number of carbonyl (C=O) groups is 2. The monoisotopic (exact) mass is 319 g/mol. The third-order valence-electron chi connectivity index (χ3n) is 3.28. The number of ether oxygens (including phenoxy) is 1. The number of amides is 1. The molecule has 126 valence electrons. The van der Waals surface area contributed by atoms with Crippen LogP contribution in [0.5, 0.6) is 0 Å². The van der Waals surface area contributed by atoms with Crippen molar-refractivity contribution in [2.24, 2.45) is 0 Å². The van der Waals surface area contributed by atoms with Crippen molar-refractivity contribution < 1.29 is 19.4 Å². The predicted molar refractivity (Wildman–Crippen MR) is 89.4 cm³/mol. The Balaban J connectivity index is 2.97. The van der Waals surface area contributed by atoms with Crippen LogP contribution in [0.25, 0.3) is 0 Å². The van der Waals surface area contributed by atoms with Crippen molar-refractivity contribution >= 4 is 12.1 Å².